The molecule has 126 valence electrons. The zero-order valence-corrected chi connectivity index (χ0v) is 14.9. The zero-order chi connectivity index (χ0) is 15.6. The Labute approximate surface area is 133 Å². The lowest BCUT2D eigenvalue weighted by Gasteiger charge is -2.41. The number of unbranched alkanes of at least 4 members (excludes halogenated alkanes) is 9. The van der Waals surface area contributed by atoms with Crippen LogP contribution in [-0.4, -0.2) is 35.2 Å². The summed E-state index contributed by atoms with van der Waals surface area (Å²) >= 11 is 0. The molecule has 0 saturated carbocycles. The molecule has 1 saturated heterocycles. The summed E-state index contributed by atoms with van der Waals surface area (Å²) in [5.74, 6) is 0. The van der Waals surface area contributed by atoms with E-state index in [2.05, 4.69) is 25.8 Å². The predicted octanol–water partition coefficient (Wildman–Crippen LogP) is 5.14. The van der Waals surface area contributed by atoms with Crippen molar-refractivity contribution >= 4 is 0 Å². The van der Waals surface area contributed by atoms with Gasteiger partial charge in [-0.15, -0.1) is 0 Å². The molecule has 2 unspecified atom stereocenters. The van der Waals surface area contributed by atoms with Crippen LogP contribution in [0.15, 0.2) is 0 Å². The highest BCUT2D eigenvalue weighted by Gasteiger charge is 2.34. The van der Waals surface area contributed by atoms with E-state index < -0.39 is 0 Å². The molecule has 1 aliphatic rings. The van der Waals surface area contributed by atoms with Crippen LogP contribution in [0.5, 0.6) is 0 Å². The lowest BCUT2D eigenvalue weighted by molar-refractivity contribution is -0.0434. The van der Waals surface area contributed by atoms with Crippen LogP contribution in [0, 0.1) is 0 Å². The summed E-state index contributed by atoms with van der Waals surface area (Å²) in [6.45, 7) is 5.57. The van der Waals surface area contributed by atoms with E-state index in [1.807, 2.05) is 0 Å². The predicted molar refractivity (Wildman–Crippen MR) is 92.7 cm³/mol. The molecule has 0 aromatic rings. The summed E-state index contributed by atoms with van der Waals surface area (Å²) in [6.07, 6.45) is 16.7. The van der Waals surface area contributed by atoms with Crippen molar-refractivity contribution in [2.45, 2.75) is 109 Å². The van der Waals surface area contributed by atoms with Crippen molar-refractivity contribution in [3.63, 3.8) is 0 Å². The summed E-state index contributed by atoms with van der Waals surface area (Å²) in [7, 11) is 2.17. The van der Waals surface area contributed by atoms with Crippen molar-refractivity contribution in [3.8, 4) is 0 Å². The van der Waals surface area contributed by atoms with Gasteiger partial charge < -0.3 is 10.0 Å². The van der Waals surface area contributed by atoms with E-state index in [4.69, 9.17) is 0 Å². The second-order valence-corrected chi connectivity index (χ2v) is 7.44. The van der Waals surface area contributed by atoms with E-state index in [0.717, 1.165) is 25.8 Å². The first kappa shape index (κ1) is 19.0. The second-order valence-electron chi connectivity index (χ2n) is 7.44. The highest BCUT2D eigenvalue weighted by Crippen LogP contribution is 2.30. The molecule has 1 N–H and O–H groups in total. The number of hydrogen-bond acceptors (Lipinski definition) is 2. The van der Waals surface area contributed by atoms with Gasteiger partial charge in [0.05, 0.1) is 5.60 Å². The van der Waals surface area contributed by atoms with Gasteiger partial charge in [0.25, 0.3) is 0 Å². The number of hydrogen-bond donors (Lipinski definition) is 1. The number of rotatable bonds is 11. The Morgan fingerprint density at radius 1 is 0.952 bits per heavy atom. The zero-order valence-electron chi connectivity index (χ0n) is 14.9. The van der Waals surface area contributed by atoms with Crippen LogP contribution in [-0.2, 0) is 0 Å². The summed E-state index contributed by atoms with van der Waals surface area (Å²) in [5.41, 5.74) is -0.369. The van der Waals surface area contributed by atoms with Gasteiger partial charge in [0.15, 0.2) is 0 Å². The maximum Gasteiger partial charge on any atom is 0.0674 e. The van der Waals surface area contributed by atoms with Crippen LogP contribution < -0.4 is 0 Å². The van der Waals surface area contributed by atoms with Crippen molar-refractivity contribution in [1.82, 2.24) is 4.90 Å². The summed E-state index contributed by atoms with van der Waals surface area (Å²) in [6, 6.07) is 0.534. The molecular formula is C19H39NO. The highest BCUT2D eigenvalue weighted by atomic mass is 16.3. The standard InChI is InChI=1S/C19H39NO/c1-4-5-6-7-8-9-10-11-12-13-14-19(21)15-16-20(3)18(2)17-19/h18,21H,4-17H2,1-3H3. The smallest absolute Gasteiger partial charge is 0.0674 e. The molecule has 0 aromatic carbocycles. The number of nitrogens with zero attached hydrogens (tertiary/aromatic N) is 1. The van der Waals surface area contributed by atoms with Crippen LogP contribution in [0.2, 0.25) is 0 Å². The minimum atomic E-state index is -0.369. The fraction of sp³-hybridized carbons (Fsp3) is 1.00. The van der Waals surface area contributed by atoms with Gasteiger partial charge in [-0.3, -0.25) is 0 Å². The SMILES string of the molecule is CCCCCCCCCCCCC1(O)CCN(C)C(C)C1. The van der Waals surface area contributed by atoms with Crippen molar-refractivity contribution in [2.24, 2.45) is 0 Å². The van der Waals surface area contributed by atoms with Gasteiger partial charge in [-0.25, -0.2) is 0 Å². The first-order chi connectivity index (χ1) is 10.1. The maximum atomic E-state index is 10.7. The third-order valence-corrected chi connectivity index (χ3v) is 5.35. The van der Waals surface area contributed by atoms with Gasteiger partial charge in [0.2, 0.25) is 0 Å². The fourth-order valence-corrected chi connectivity index (χ4v) is 3.58. The third kappa shape index (κ3) is 8.21. The normalized spacial score (nSPS) is 27.1. The first-order valence-electron chi connectivity index (χ1n) is 9.50. The summed E-state index contributed by atoms with van der Waals surface area (Å²) in [5, 5.41) is 10.7. The molecule has 0 radical (unpaired) electrons. The van der Waals surface area contributed by atoms with E-state index in [1.165, 1.54) is 64.2 Å². The Hall–Kier alpha value is -0.0800. The molecule has 0 aliphatic carbocycles. The molecule has 21 heavy (non-hydrogen) atoms. The molecule has 0 spiro atoms. The van der Waals surface area contributed by atoms with Crippen LogP contribution >= 0.6 is 0 Å². The van der Waals surface area contributed by atoms with Crippen LogP contribution in [0.3, 0.4) is 0 Å². The number of likely N-dealkylation sites (tertiary alicyclic amines) is 1. The first-order valence-corrected chi connectivity index (χ1v) is 9.50. The van der Waals surface area contributed by atoms with Gasteiger partial charge in [-0.1, -0.05) is 71.1 Å². The minimum Gasteiger partial charge on any atom is -0.390 e. The molecule has 2 atom stereocenters. The molecule has 1 aliphatic heterocycles. The molecule has 0 bridgehead atoms. The van der Waals surface area contributed by atoms with Crippen molar-refractivity contribution in [3.05, 3.63) is 0 Å². The van der Waals surface area contributed by atoms with E-state index >= 15 is 0 Å². The Kier molecular flexibility index (Phi) is 9.59. The average Bonchev–Trinajstić information content (AvgIpc) is 2.45. The lowest BCUT2D eigenvalue weighted by Crippen LogP contribution is -2.47. The average molecular weight is 298 g/mol. The minimum absolute atomic E-state index is 0.369. The van der Waals surface area contributed by atoms with Gasteiger partial charge in [0, 0.05) is 12.6 Å². The largest absolute Gasteiger partial charge is 0.390 e. The van der Waals surface area contributed by atoms with Gasteiger partial charge in [0.1, 0.15) is 0 Å². The Morgan fingerprint density at radius 2 is 1.48 bits per heavy atom. The van der Waals surface area contributed by atoms with E-state index in [1.54, 1.807) is 0 Å². The highest BCUT2D eigenvalue weighted by molar-refractivity contribution is 4.88. The molecule has 1 heterocycles. The second kappa shape index (κ2) is 10.6. The molecule has 1 fully saturated rings. The number of aliphatic hydroxyl groups is 1. The number of piperidine rings is 1. The molecule has 0 aromatic heterocycles. The Balaban J connectivity index is 1.94. The van der Waals surface area contributed by atoms with Crippen LogP contribution in [0.25, 0.3) is 0 Å². The Morgan fingerprint density at radius 3 is 2.00 bits per heavy atom. The van der Waals surface area contributed by atoms with E-state index in [-0.39, 0.29) is 5.60 Å². The maximum absolute atomic E-state index is 10.7. The van der Waals surface area contributed by atoms with Crippen molar-refractivity contribution in [1.29, 1.82) is 0 Å². The monoisotopic (exact) mass is 297 g/mol. The van der Waals surface area contributed by atoms with E-state index in [0.29, 0.717) is 6.04 Å². The summed E-state index contributed by atoms with van der Waals surface area (Å²) in [4.78, 5) is 2.37. The molecule has 1 rings (SSSR count). The van der Waals surface area contributed by atoms with Crippen LogP contribution in [0.1, 0.15) is 97.3 Å². The topological polar surface area (TPSA) is 23.5 Å². The van der Waals surface area contributed by atoms with Crippen molar-refractivity contribution in [2.75, 3.05) is 13.6 Å². The molecule has 2 heteroatoms. The van der Waals surface area contributed by atoms with Gasteiger partial charge >= 0.3 is 0 Å². The molecule has 2 nitrogen and oxygen atoms in total. The van der Waals surface area contributed by atoms with Crippen molar-refractivity contribution < 1.29 is 5.11 Å². The fourth-order valence-electron chi connectivity index (χ4n) is 3.58. The Bertz CT molecular complexity index is 256. The summed E-state index contributed by atoms with van der Waals surface area (Å²) < 4.78 is 0. The van der Waals surface area contributed by atoms with Crippen LogP contribution in [0.4, 0.5) is 0 Å². The van der Waals surface area contributed by atoms with E-state index in [9.17, 15) is 5.11 Å². The third-order valence-electron chi connectivity index (χ3n) is 5.35. The molecular weight excluding hydrogens is 258 g/mol. The lowest BCUT2D eigenvalue weighted by atomic mass is 9.83. The molecule has 0 amide bonds. The van der Waals surface area contributed by atoms with Gasteiger partial charge in [-0.05, 0) is 33.2 Å². The quantitative estimate of drug-likeness (QED) is 0.534. The van der Waals surface area contributed by atoms with Gasteiger partial charge in [-0.2, -0.15) is 0 Å².